The first-order chi connectivity index (χ1) is 15.2. The molecule has 0 aromatic rings. The maximum Gasteiger partial charge on any atom is 0.334 e. The van der Waals surface area contributed by atoms with Crippen LogP contribution in [0.25, 0.3) is 0 Å². The molecule has 7 nitrogen and oxygen atoms in total. The van der Waals surface area contributed by atoms with Gasteiger partial charge in [0.15, 0.2) is 11.7 Å². The molecule has 0 aromatic carbocycles. The summed E-state index contributed by atoms with van der Waals surface area (Å²) in [5, 5.41) is 0.486. The molecule has 0 aromatic heterocycles. The summed E-state index contributed by atoms with van der Waals surface area (Å²) < 4.78 is 32.0. The number of fused-ring (bicyclic) bond motifs is 4. The van der Waals surface area contributed by atoms with Crippen LogP contribution in [-0.4, -0.2) is 77.5 Å². The zero-order chi connectivity index (χ0) is 22.4. The molecule has 32 heavy (non-hydrogen) atoms. The lowest BCUT2D eigenvalue weighted by Gasteiger charge is -2.54. The molecule has 7 aliphatic rings. The van der Waals surface area contributed by atoms with E-state index >= 15 is 0 Å². The van der Waals surface area contributed by atoms with E-state index in [-0.39, 0.29) is 47.6 Å². The monoisotopic (exact) mass is 461 g/mol. The quantitative estimate of drug-likeness (QED) is 0.360. The summed E-state index contributed by atoms with van der Waals surface area (Å²) in [4.78, 5) is 14.2. The molecule has 7 rings (SSSR count). The van der Waals surface area contributed by atoms with Gasteiger partial charge in [-0.2, -0.15) is 0 Å². The first-order valence-electron chi connectivity index (χ1n) is 12.0. The van der Waals surface area contributed by atoms with Crippen LogP contribution < -0.4 is 0 Å². The van der Waals surface area contributed by atoms with Gasteiger partial charge < -0.3 is 28.6 Å². The number of carbonyl (C=O) groups is 1. The number of carbonyl (C=O) groups excluding carboxylic acids is 1. The molecule has 5 fully saturated rings. The zero-order valence-electron chi connectivity index (χ0n) is 19.3. The van der Waals surface area contributed by atoms with Crippen molar-refractivity contribution in [3.05, 3.63) is 11.1 Å². The Morgan fingerprint density at radius 2 is 2.06 bits per heavy atom. The summed E-state index contributed by atoms with van der Waals surface area (Å²) in [7, 11) is 1.96. The van der Waals surface area contributed by atoms with Crippen molar-refractivity contribution in [2.24, 2.45) is 17.3 Å². The number of hydrogen-bond acceptors (Lipinski definition) is 7. The zero-order valence-corrected chi connectivity index (χ0v) is 20.1. The van der Waals surface area contributed by atoms with Crippen molar-refractivity contribution >= 4 is 23.4 Å². The lowest BCUT2D eigenvalue weighted by atomic mass is 9.46. The highest BCUT2D eigenvalue weighted by Gasteiger charge is 3.01. The van der Waals surface area contributed by atoms with E-state index in [2.05, 4.69) is 27.7 Å². The topological polar surface area (TPSA) is 76.4 Å². The minimum atomic E-state index is -0.555. The average molecular weight is 462 g/mol. The standard InChI is InChI=1S/C24H31NO6S/c1-6-25(5)20(32)28-19-22(11(2)3)16(30-22)17-24(31-17)21(4)8-7-12-13(10-27-18(12)26)14(21)9-15-23(19,24)29-15/h11,14-17,19H,6-10H2,1-5H3/t14-,15-,16-,17-,19+,21-,22-,23+,24+/m0/s1. The Balaban J connectivity index is 1.34. The molecule has 8 heteroatoms. The average Bonchev–Trinajstić information content (AvgIpc) is 3.66. The van der Waals surface area contributed by atoms with Gasteiger partial charge in [0.2, 0.25) is 0 Å². The molecule has 4 heterocycles. The van der Waals surface area contributed by atoms with E-state index in [0.29, 0.717) is 11.8 Å². The van der Waals surface area contributed by atoms with Crippen molar-refractivity contribution in [1.29, 1.82) is 0 Å². The van der Waals surface area contributed by atoms with Gasteiger partial charge in [0.25, 0.3) is 5.17 Å². The molecule has 4 aliphatic heterocycles. The fraction of sp³-hybridized carbons (Fsp3) is 0.833. The molecule has 0 N–H and O–H groups in total. The Bertz CT molecular complexity index is 997. The van der Waals surface area contributed by atoms with Gasteiger partial charge in [-0.15, -0.1) is 0 Å². The smallest absolute Gasteiger partial charge is 0.334 e. The van der Waals surface area contributed by atoms with Crippen molar-refractivity contribution < 1.29 is 28.5 Å². The summed E-state index contributed by atoms with van der Waals surface area (Å²) in [5.74, 6) is 0.337. The number of hydrogen-bond donors (Lipinski definition) is 0. The normalized spacial score (nSPS) is 53.2. The number of cyclic esters (lactones) is 1. The van der Waals surface area contributed by atoms with E-state index in [0.717, 1.165) is 31.4 Å². The molecule has 3 aliphatic carbocycles. The largest absolute Gasteiger partial charge is 0.461 e. The highest BCUT2D eigenvalue weighted by Crippen LogP contribution is 2.83. The summed E-state index contributed by atoms with van der Waals surface area (Å²) in [6.07, 6.45) is 2.17. The van der Waals surface area contributed by atoms with Gasteiger partial charge in [0.05, 0.1) is 6.10 Å². The number of rotatable bonds is 3. The third-order valence-corrected chi connectivity index (χ3v) is 10.5. The first-order valence-corrected chi connectivity index (χ1v) is 12.4. The molecular weight excluding hydrogens is 430 g/mol. The Labute approximate surface area is 193 Å². The van der Waals surface area contributed by atoms with Crippen LogP contribution in [0, 0.1) is 17.3 Å². The van der Waals surface area contributed by atoms with Gasteiger partial charge in [0.1, 0.15) is 30.0 Å². The lowest BCUT2D eigenvalue weighted by Crippen LogP contribution is -2.70. The van der Waals surface area contributed by atoms with E-state index in [4.69, 9.17) is 35.9 Å². The Hall–Kier alpha value is -1.22. The van der Waals surface area contributed by atoms with Gasteiger partial charge in [-0.25, -0.2) is 4.79 Å². The Kier molecular flexibility index (Phi) is 3.59. The fourth-order valence-corrected chi connectivity index (χ4v) is 8.39. The SMILES string of the molecule is CCN(C)C(=S)O[C@@H]1[C@@]2(C(C)C)O[C@H]2[C@@H]2O[C@]23[C@]12O[C@H]2C[C@H]1C2=C(CC[C@@]13C)C(=O)OC2. The van der Waals surface area contributed by atoms with Crippen molar-refractivity contribution in [3.8, 4) is 0 Å². The van der Waals surface area contributed by atoms with Crippen LogP contribution in [0.4, 0.5) is 0 Å². The second-order valence-corrected chi connectivity index (χ2v) is 11.6. The van der Waals surface area contributed by atoms with Crippen LogP contribution in [0.2, 0.25) is 0 Å². The minimum absolute atomic E-state index is 0.000184. The predicted octanol–water partition coefficient (Wildman–Crippen LogP) is 2.36. The molecule has 3 saturated heterocycles. The van der Waals surface area contributed by atoms with Crippen molar-refractivity contribution in [2.75, 3.05) is 20.2 Å². The predicted molar refractivity (Wildman–Crippen MR) is 117 cm³/mol. The van der Waals surface area contributed by atoms with E-state index in [1.54, 1.807) is 0 Å². The second kappa shape index (κ2) is 5.70. The summed E-state index contributed by atoms with van der Waals surface area (Å²) in [5.41, 5.74) is 0.442. The Morgan fingerprint density at radius 3 is 2.78 bits per heavy atom. The molecule has 0 bridgehead atoms. The number of esters is 1. The van der Waals surface area contributed by atoms with Crippen LogP contribution in [0.3, 0.4) is 0 Å². The van der Waals surface area contributed by atoms with Gasteiger partial charge in [-0.1, -0.05) is 20.8 Å². The van der Waals surface area contributed by atoms with E-state index in [1.165, 1.54) is 5.57 Å². The van der Waals surface area contributed by atoms with Gasteiger partial charge in [-0.3, -0.25) is 0 Å². The third kappa shape index (κ3) is 1.88. The number of epoxide rings is 3. The maximum absolute atomic E-state index is 12.3. The fourth-order valence-electron chi connectivity index (χ4n) is 8.16. The van der Waals surface area contributed by atoms with Crippen LogP contribution in [0.5, 0.6) is 0 Å². The molecule has 0 radical (unpaired) electrons. The molecular formula is C24H31NO6S. The Morgan fingerprint density at radius 1 is 1.28 bits per heavy atom. The van der Waals surface area contributed by atoms with E-state index < -0.39 is 16.8 Å². The summed E-state index contributed by atoms with van der Waals surface area (Å²) >= 11 is 5.68. The lowest BCUT2D eigenvalue weighted by molar-refractivity contribution is -0.136. The maximum atomic E-state index is 12.3. The van der Waals surface area contributed by atoms with Crippen molar-refractivity contribution in [2.45, 2.75) is 88.2 Å². The summed E-state index contributed by atoms with van der Waals surface area (Å²) in [6, 6.07) is 0. The number of thiocarbonyl (C=S) groups is 1. The molecule has 0 unspecified atom stereocenters. The van der Waals surface area contributed by atoms with Crippen LogP contribution in [0.15, 0.2) is 11.1 Å². The highest BCUT2D eigenvalue weighted by atomic mass is 32.1. The first kappa shape index (κ1) is 20.2. The highest BCUT2D eigenvalue weighted by molar-refractivity contribution is 7.80. The molecule has 9 atom stereocenters. The van der Waals surface area contributed by atoms with Gasteiger partial charge in [-0.05, 0) is 55.8 Å². The van der Waals surface area contributed by atoms with Crippen molar-refractivity contribution in [3.63, 3.8) is 0 Å². The third-order valence-electron chi connectivity index (χ3n) is 10.1. The molecule has 174 valence electrons. The van der Waals surface area contributed by atoms with Gasteiger partial charge in [0, 0.05) is 24.6 Å². The molecule has 2 spiro atoms. The van der Waals surface area contributed by atoms with Crippen molar-refractivity contribution in [1.82, 2.24) is 4.90 Å². The van der Waals surface area contributed by atoms with Gasteiger partial charge >= 0.3 is 5.97 Å². The molecule has 0 amide bonds. The summed E-state index contributed by atoms with van der Waals surface area (Å²) in [6.45, 7) is 9.97. The van der Waals surface area contributed by atoms with Crippen LogP contribution in [-0.2, 0) is 28.5 Å². The second-order valence-electron chi connectivity index (χ2n) is 11.3. The molecule has 2 saturated carbocycles. The minimum Gasteiger partial charge on any atom is -0.461 e. The van der Waals surface area contributed by atoms with Crippen LogP contribution in [0.1, 0.15) is 47.0 Å². The van der Waals surface area contributed by atoms with Crippen LogP contribution >= 0.6 is 12.2 Å². The number of ether oxygens (including phenoxy) is 5. The van der Waals surface area contributed by atoms with E-state index in [1.807, 2.05) is 11.9 Å². The number of nitrogens with zero attached hydrogens (tertiary/aromatic N) is 1. The van der Waals surface area contributed by atoms with E-state index in [9.17, 15) is 4.79 Å².